The molecule has 1 amide bonds. The van der Waals surface area contributed by atoms with E-state index in [0.717, 1.165) is 12.5 Å². The first kappa shape index (κ1) is 14.9. The van der Waals surface area contributed by atoms with Gasteiger partial charge in [-0.15, -0.1) is 12.4 Å². The second kappa shape index (κ2) is 7.33. The fourth-order valence-electron chi connectivity index (χ4n) is 1.52. The lowest BCUT2D eigenvalue weighted by molar-refractivity contribution is -0.120. The summed E-state index contributed by atoms with van der Waals surface area (Å²) >= 11 is 0. The largest absolute Gasteiger partial charge is 0.354 e. The second-order valence-corrected chi connectivity index (χ2v) is 4.41. The van der Waals surface area contributed by atoms with Crippen molar-refractivity contribution in [1.29, 1.82) is 0 Å². The van der Waals surface area contributed by atoms with Gasteiger partial charge in [-0.25, -0.2) is 0 Å². The molecule has 2 rings (SSSR count). The molecule has 0 unspecified atom stereocenters. The highest BCUT2D eigenvalue weighted by molar-refractivity contribution is 5.85. The van der Waals surface area contributed by atoms with Crippen molar-refractivity contribution in [2.24, 2.45) is 5.92 Å². The molecule has 1 aliphatic rings. The zero-order valence-electron chi connectivity index (χ0n) is 10.4. The molecule has 1 saturated carbocycles. The van der Waals surface area contributed by atoms with Crippen LogP contribution >= 0.6 is 12.4 Å². The van der Waals surface area contributed by atoms with Crippen molar-refractivity contribution in [3.63, 3.8) is 0 Å². The average molecular weight is 275 g/mol. The van der Waals surface area contributed by atoms with Crippen molar-refractivity contribution in [3.8, 4) is 0 Å². The van der Waals surface area contributed by atoms with Gasteiger partial charge in [-0.05, 0) is 32.2 Å². The van der Waals surface area contributed by atoms with Crippen LogP contribution < -0.4 is 10.6 Å². The summed E-state index contributed by atoms with van der Waals surface area (Å²) < 4.78 is 4.94. The zero-order valence-corrected chi connectivity index (χ0v) is 11.3. The molecule has 7 heteroatoms. The minimum absolute atomic E-state index is 0. The predicted octanol–water partition coefficient (Wildman–Crippen LogP) is 0.458. The molecule has 1 aromatic heterocycles. The van der Waals surface area contributed by atoms with Crippen molar-refractivity contribution < 1.29 is 9.32 Å². The number of carbonyl (C=O) groups excluding carboxylic acids is 1. The minimum Gasteiger partial charge on any atom is -0.354 e. The Morgan fingerprint density at radius 2 is 2.28 bits per heavy atom. The Balaban J connectivity index is 0.00000162. The predicted molar refractivity (Wildman–Crippen MR) is 68.6 cm³/mol. The van der Waals surface area contributed by atoms with E-state index >= 15 is 0 Å². The molecule has 0 saturated heterocycles. The molecule has 1 fully saturated rings. The Hall–Kier alpha value is -1.14. The average Bonchev–Trinajstić information content (AvgIpc) is 3.02. The first-order valence-corrected chi connectivity index (χ1v) is 6.00. The molecular formula is C11H19ClN4O2. The third-order valence-corrected chi connectivity index (χ3v) is 2.65. The van der Waals surface area contributed by atoms with Gasteiger partial charge in [0, 0.05) is 13.0 Å². The van der Waals surface area contributed by atoms with E-state index in [1.807, 2.05) is 0 Å². The minimum atomic E-state index is 0. The van der Waals surface area contributed by atoms with Gasteiger partial charge in [0.25, 0.3) is 0 Å². The summed E-state index contributed by atoms with van der Waals surface area (Å²) in [6.07, 6.45) is 3.17. The maximum Gasteiger partial charge on any atom is 0.233 e. The summed E-state index contributed by atoms with van der Waals surface area (Å²) in [5.74, 6) is 2.00. The van der Waals surface area contributed by atoms with Crippen LogP contribution in [0.5, 0.6) is 0 Å². The maximum absolute atomic E-state index is 11.4. The van der Waals surface area contributed by atoms with E-state index in [-0.39, 0.29) is 18.3 Å². The van der Waals surface area contributed by atoms with Gasteiger partial charge in [-0.2, -0.15) is 4.98 Å². The number of carbonyl (C=O) groups is 1. The number of rotatable bonds is 7. The van der Waals surface area contributed by atoms with Gasteiger partial charge in [0.15, 0.2) is 5.82 Å². The number of hydrogen-bond donors (Lipinski definition) is 2. The van der Waals surface area contributed by atoms with Gasteiger partial charge >= 0.3 is 0 Å². The van der Waals surface area contributed by atoms with E-state index in [1.54, 1.807) is 6.92 Å². The smallest absolute Gasteiger partial charge is 0.233 e. The normalized spacial score (nSPS) is 14.1. The number of nitrogens with one attached hydrogen (secondary N) is 2. The molecule has 18 heavy (non-hydrogen) atoms. The molecule has 0 radical (unpaired) electrons. The molecule has 1 aliphatic carbocycles. The Bertz CT molecular complexity index is 379. The molecule has 1 aromatic rings. The van der Waals surface area contributed by atoms with Gasteiger partial charge in [0.2, 0.25) is 11.8 Å². The Morgan fingerprint density at radius 3 is 2.89 bits per heavy atom. The standard InChI is InChI=1S/C11H18N4O2.ClH/c1-8-14-11(17-15-8)4-5-13-10(16)7-12-6-9-2-3-9;/h9,12H,2-7H2,1H3,(H,13,16);1H. The van der Waals surface area contributed by atoms with E-state index in [2.05, 4.69) is 20.8 Å². The number of hydrogen-bond acceptors (Lipinski definition) is 5. The van der Waals surface area contributed by atoms with Crippen LogP contribution in [0.15, 0.2) is 4.52 Å². The monoisotopic (exact) mass is 274 g/mol. The van der Waals surface area contributed by atoms with Gasteiger partial charge in [0.05, 0.1) is 6.54 Å². The lowest BCUT2D eigenvalue weighted by atomic mass is 10.4. The Morgan fingerprint density at radius 1 is 1.50 bits per heavy atom. The quantitative estimate of drug-likeness (QED) is 0.755. The fraction of sp³-hybridized carbons (Fsp3) is 0.727. The fourth-order valence-corrected chi connectivity index (χ4v) is 1.52. The summed E-state index contributed by atoms with van der Waals surface area (Å²) in [5.41, 5.74) is 0. The van der Waals surface area contributed by atoms with Crippen molar-refractivity contribution in [1.82, 2.24) is 20.8 Å². The number of halogens is 1. The van der Waals surface area contributed by atoms with Gasteiger partial charge < -0.3 is 15.2 Å². The van der Waals surface area contributed by atoms with Crippen molar-refractivity contribution in [2.45, 2.75) is 26.2 Å². The van der Waals surface area contributed by atoms with Crippen LogP contribution in [0, 0.1) is 12.8 Å². The molecule has 0 bridgehead atoms. The van der Waals surface area contributed by atoms with Crippen molar-refractivity contribution >= 4 is 18.3 Å². The van der Waals surface area contributed by atoms with Gasteiger partial charge in [-0.1, -0.05) is 5.16 Å². The third kappa shape index (κ3) is 5.46. The van der Waals surface area contributed by atoms with Crippen LogP contribution in [0.25, 0.3) is 0 Å². The SMILES string of the molecule is Cc1noc(CCNC(=O)CNCC2CC2)n1.Cl. The van der Waals surface area contributed by atoms with Gasteiger partial charge in [-0.3, -0.25) is 4.79 Å². The summed E-state index contributed by atoms with van der Waals surface area (Å²) in [7, 11) is 0. The van der Waals surface area contributed by atoms with Crippen LogP contribution in [-0.4, -0.2) is 35.7 Å². The lowest BCUT2D eigenvalue weighted by Gasteiger charge is -2.04. The highest BCUT2D eigenvalue weighted by Gasteiger charge is 2.20. The number of aryl methyl sites for hydroxylation is 1. The topological polar surface area (TPSA) is 80.0 Å². The molecular weight excluding hydrogens is 256 g/mol. The summed E-state index contributed by atoms with van der Waals surface area (Å²) in [5, 5.41) is 9.62. The second-order valence-electron chi connectivity index (χ2n) is 4.41. The number of amides is 1. The van der Waals surface area contributed by atoms with E-state index in [0.29, 0.717) is 31.2 Å². The molecule has 1 heterocycles. The first-order chi connectivity index (χ1) is 8.24. The Kier molecular flexibility index (Phi) is 6.07. The summed E-state index contributed by atoms with van der Waals surface area (Å²) in [6.45, 7) is 3.65. The van der Waals surface area contributed by atoms with Crippen LogP contribution in [-0.2, 0) is 11.2 Å². The van der Waals surface area contributed by atoms with E-state index in [4.69, 9.17) is 4.52 Å². The third-order valence-electron chi connectivity index (χ3n) is 2.65. The van der Waals surface area contributed by atoms with E-state index in [9.17, 15) is 4.79 Å². The number of nitrogens with zero attached hydrogens (tertiary/aromatic N) is 2. The van der Waals surface area contributed by atoms with Crippen LogP contribution in [0.4, 0.5) is 0 Å². The molecule has 2 N–H and O–H groups in total. The van der Waals surface area contributed by atoms with Crippen molar-refractivity contribution in [2.75, 3.05) is 19.6 Å². The van der Waals surface area contributed by atoms with Crippen LogP contribution in [0.1, 0.15) is 24.6 Å². The molecule has 0 spiro atoms. The Labute approximate surface area is 112 Å². The molecule has 0 aliphatic heterocycles. The maximum atomic E-state index is 11.4. The summed E-state index contributed by atoms with van der Waals surface area (Å²) in [4.78, 5) is 15.5. The summed E-state index contributed by atoms with van der Waals surface area (Å²) in [6, 6.07) is 0. The lowest BCUT2D eigenvalue weighted by Crippen LogP contribution is -2.35. The molecule has 0 atom stereocenters. The van der Waals surface area contributed by atoms with Gasteiger partial charge in [0.1, 0.15) is 0 Å². The zero-order chi connectivity index (χ0) is 12.1. The number of aromatic nitrogens is 2. The molecule has 6 nitrogen and oxygen atoms in total. The molecule has 102 valence electrons. The van der Waals surface area contributed by atoms with Crippen molar-refractivity contribution in [3.05, 3.63) is 11.7 Å². The first-order valence-electron chi connectivity index (χ1n) is 6.00. The van der Waals surface area contributed by atoms with Crippen LogP contribution in [0.3, 0.4) is 0 Å². The van der Waals surface area contributed by atoms with E-state index < -0.39 is 0 Å². The highest BCUT2D eigenvalue weighted by atomic mass is 35.5. The highest BCUT2D eigenvalue weighted by Crippen LogP contribution is 2.27. The van der Waals surface area contributed by atoms with E-state index in [1.165, 1.54) is 12.8 Å². The molecule has 0 aromatic carbocycles. The van der Waals surface area contributed by atoms with Crippen LogP contribution in [0.2, 0.25) is 0 Å².